The lowest BCUT2D eigenvalue weighted by Crippen LogP contribution is -2.43. The van der Waals surface area contributed by atoms with Crippen LogP contribution in [0.25, 0.3) is 0 Å². The molecule has 1 saturated heterocycles. The van der Waals surface area contributed by atoms with Crippen molar-refractivity contribution in [1.82, 2.24) is 10.2 Å². The molecule has 1 N–H and O–H groups in total. The summed E-state index contributed by atoms with van der Waals surface area (Å²) in [5, 5.41) is 3.44. The van der Waals surface area contributed by atoms with Crippen LogP contribution in [-0.4, -0.2) is 56.5 Å². The van der Waals surface area contributed by atoms with Crippen molar-refractivity contribution in [3.63, 3.8) is 0 Å². The fraction of sp³-hybridized carbons (Fsp3) is 0.929. The average Bonchev–Trinajstić information content (AvgIpc) is 2.67. The third-order valence-electron chi connectivity index (χ3n) is 3.44. The Kier molecular flexibility index (Phi) is 6.75. The van der Waals surface area contributed by atoms with Gasteiger partial charge in [-0.05, 0) is 11.8 Å². The number of amides is 1. The summed E-state index contributed by atoms with van der Waals surface area (Å²) in [6, 6.07) is -0.0635. The lowest BCUT2D eigenvalue weighted by Gasteiger charge is -2.27. The molecule has 1 rings (SSSR count). The van der Waals surface area contributed by atoms with Crippen molar-refractivity contribution in [1.29, 1.82) is 0 Å². The van der Waals surface area contributed by atoms with Crippen molar-refractivity contribution >= 4 is 5.91 Å². The number of hydrogen-bond donors (Lipinski definition) is 1. The van der Waals surface area contributed by atoms with Crippen LogP contribution >= 0.6 is 0 Å². The zero-order chi connectivity index (χ0) is 14.4. The van der Waals surface area contributed by atoms with Crippen molar-refractivity contribution in [3.8, 4) is 0 Å². The van der Waals surface area contributed by atoms with Gasteiger partial charge in [-0.2, -0.15) is 0 Å². The Morgan fingerprint density at radius 3 is 2.37 bits per heavy atom. The van der Waals surface area contributed by atoms with Crippen LogP contribution in [0.15, 0.2) is 0 Å². The fourth-order valence-corrected chi connectivity index (χ4v) is 2.35. The minimum Gasteiger partial charge on any atom is -0.382 e. The SMILES string of the molecule is COCCOCCN1C(=O)C(C(C)C)NC1C(C)C. The molecule has 5 nitrogen and oxygen atoms in total. The first kappa shape index (κ1) is 16.4. The first-order valence-electron chi connectivity index (χ1n) is 7.12. The zero-order valence-electron chi connectivity index (χ0n) is 12.8. The van der Waals surface area contributed by atoms with Gasteiger partial charge in [-0.15, -0.1) is 0 Å². The van der Waals surface area contributed by atoms with E-state index in [0.29, 0.717) is 38.2 Å². The largest absolute Gasteiger partial charge is 0.382 e. The van der Waals surface area contributed by atoms with E-state index in [1.165, 1.54) is 0 Å². The molecule has 1 amide bonds. The van der Waals surface area contributed by atoms with Gasteiger partial charge in [-0.3, -0.25) is 10.1 Å². The molecule has 1 aliphatic heterocycles. The molecule has 1 aliphatic rings. The van der Waals surface area contributed by atoms with Gasteiger partial charge in [0.25, 0.3) is 0 Å². The Morgan fingerprint density at radius 2 is 1.84 bits per heavy atom. The van der Waals surface area contributed by atoms with Gasteiger partial charge in [-0.25, -0.2) is 0 Å². The van der Waals surface area contributed by atoms with Gasteiger partial charge in [-0.1, -0.05) is 27.7 Å². The summed E-state index contributed by atoms with van der Waals surface area (Å²) in [5.41, 5.74) is 0. The highest BCUT2D eigenvalue weighted by Gasteiger charge is 2.41. The lowest BCUT2D eigenvalue weighted by atomic mass is 10.1. The Labute approximate surface area is 116 Å². The van der Waals surface area contributed by atoms with E-state index >= 15 is 0 Å². The number of hydrogen-bond acceptors (Lipinski definition) is 4. The van der Waals surface area contributed by atoms with Gasteiger partial charge in [0.2, 0.25) is 5.91 Å². The van der Waals surface area contributed by atoms with Gasteiger partial charge >= 0.3 is 0 Å². The molecular weight excluding hydrogens is 244 g/mol. The van der Waals surface area contributed by atoms with Crippen LogP contribution in [0.2, 0.25) is 0 Å². The molecular formula is C14H28N2O3. The van der Waals surface area contributed by atoms with Gasteiger partial charge in [0.05, 0.1) is 32.0 Å². The predicted octanol–water partition coefficient (Wildman–Crippen LogP) is 1.09. The number of ether oxygens (including phenoxy) is 2. The summed E-state index contributed by atoms with van der Waals surface area (Å²) in [6.45, 7) is 10.8. The topological polar surface area (TPSA) is 50.8 Å². The molecule has 0 saturated carbocycles. The van der Waals surface area contributed by atoms with E-state index in [4.69, 9.17) is 9.47 Å². The molecule has 0 radical (unpaired) electrons. The highest BCUT2D eigenvalue weighted by Crippen LogP contribution is 2.21. The summed E-state index contributed by atoms with van der Waals surface area (Å²) < 4.78 is 10.4. The zero-order valence-corrected chi connectivity index (χ0v) is 12.8. The number of carbonyl (C=O) groups is 1. The number of methoxy groups -OCH3 is 1. The Morgan fingerprint density at radius 1 is 1.16 bits per heavy atom. The number of carbonyl (C=O) groups excluding carboxylic acids is 1. The van der Waals surface area contributed by atoms with Gasteiger partial charge in [0, 0.05) is 13.7 Å². The van der Waals surface area contributed by atoms with E-state index in [0.717, 1.165) is 0 Å². The number of rotatable bonds is 8. The molecule has 0 aromatic rings. The molecule has 112 valence electrons. The van der Waals surface area contributed by atoms with Gasteiger partial charge < -0.3 is 14.4 Å². The van der Waals surface area contributed by atoms with Crippen molar-refractivity contribution in [2.24, 2.45) is 11.8 Å². The van der Waals surface area contributed by atoms with E-state index in [-0.39, 0.29) is 18.1 Å². The Bertz CT molecular complexity index is 282. The van der Waals surface area contributed by atoms with Crippen LogP contribution in [0.1, 0.15) is 27.7 Å². The molecule has 0 aliphatic carbocycles. The van der Waals surface area contributed by atoms with Crippen LogP contribution in [0.3, 0.4) is 0 Å². The summed E-state index contributed by atoms with van der Waals surface area (Å²) >= 11 is 0. The van der Waals surface area contributed by atoms with Crippen LogP contribution in [0, 0.1) is 11.8 Å². The molecule has 0 aromatic carbocycles. The quantitative estimate of drug-likeness (QED) is 0.672. The van der Waals surface area contributed by atoms with Crippen molar-refractivity contribution < 1.29 is 14.3 Å². The van der Waals surface area contributed by atoms with E-state index in [1.807, 2.05) is 4.90 Å². The molecule has 1 fully saturated rings. The highest BCUT2D eigenvalue weighted by molar-refractivity contribution is 5.84. The predicted molar refractivity (Wildman–Crippen MR) is 74.8 cm³/mol. The summed E-state index contributed by atoms with van der Waals surface area (Å²) in [6.07, 6.45) is 0.117. The second-order valence-electron chi connectivity index (χ2n) is 5.71. The number of nitrogens with one attached hydrogen (secondary N) is 1. The summed E-state index contributed by atoms with van der Waals surface area (Å²) in [5.74, 6) is 0.906. The molecule has 0 spiro atoms. The summed E-state index contributed by atoms with van der Waals surface area (Å²) in [7, 11) is 1.65. The van der Waals surface area contributed by atoms with E-state index in [1.54, 1.807) is 7.11 Å². The van der Waals surface area contributed by atoms with E-state index < -0.39 is 0 Å². The monoisotopic (exact) mass is 272 g/mol. The second kappa shape index (κ2) is 7.82. The van der Waals surface area contributed by atoms with Crippen LogP contribution in [0.4, 0.5) is 0 Å². The van der Waals surface area contributed by atoms with Crippen molar-refractivity contribution in [2.45, 2.75) is 39.9 Å². The fourth-order valence-electron chi connectivity index (χ4n) is 2.35. The van der Waals surface area contributed by atoms with Gasteiger partial charge in [0.15, 0.2) is 0 Å². The van der Waals surface area contributed by atoms with Crippen LogP contribution in [-0.2, 0) is 14.3 Å². The minimum atomic E-state index is -0.0635. The maximum Gasteiger partial charge on any atom is 0.241 e. The summed E-state index contributed by atoms with van der Waals surface area (Å²) in [4.78, 5) is 14.3. The molecule has 2 unspecified atom stereocenters. The molecule has 0 bridgehead atoms. The molecule has 5 heteroatoms. The van der Waals surface area contributed by atoms with Crippen molar-refractivity contribution in [2.75, 3.05) is 33.5 Å². The van der Waals surface area contributed by atoms with Gasteiger partial charge in [0.1, 0.15) is 0 Å². The Balaban J connectivity index is 2.50. The van der Waals surface area contributed by atoms with E-state index in [2.05, 4.69) is 33.0 Å². The third-order valence-corrected chi connectivity index (χ3v) is 3.44. The average molecular weight is 272 g/mol. The first-order valence-corrected chi connectivity index (χ1v) is 7.12. The molecule has 0 aromatic heterocycles. The third kappa shape index (κ3) is 4.44. The maximum absolute atomic E-state index is 12.4. The normalized spacial score (nSPS) is 23.9. The highest BCUT2D eigenvalue weighted by atomic mass is 16.5. The smallest absolute Gasteiger partial charge is 0.241 e. The second-order valence-corrected chi connectivity index (χ2v) is 5.71. The van der Waals surface area contributed by atoms with Crippen molar-refractivity contribution in [3.05, 3.63) is 0 Å². The Hall–Kier alpha value is -0.650. The first-order chi connectivity index (χ1) is 8.99. The minimum absolute atomic E-state index is 0.0635. The van der Waals surface area contributed by atoms with E-state index in [9.17, 15) is 4.79 Å². The van der Waals surface area contributed by atoms with Crippen LogP contribution < -0.4 is 5.32 Å². The molecule has 19 heavy (non-hydrogen) atoms. The maximum atomic E-state index is 12.4. The standard InChI is InChI=1S/C14H28N2O3/c1-10(2)12-14(17)16(13(15-12)11(3)4)6-7-19-9-8-18-5/h10-13,15H,6-9H2,1-5H3. The van der Waals surface area contributed by atoms with Crippen LogP contribution in [0.5, 0.6) is 0 Å². The lowest BCUT2D eigenvalue weighted by molar-refractivity contribution is -0.132. The number of nitrogens with zero attached hydrogens (tertiary/aromatic N) is 1. The molecule has 1 heterocycles. The molecule has 2 atom stereocenters.